The first kappa shape index (κ1) is 16.3. The Morgan fingerprint density at radius 2 is 1.91 bits per heavy atom. The quantitative estimate of drug-likeness (QED) is 0.768. The summed E-state index contributed by atoms with van der Waals surface area (Å²) in [5, 5.41) is 12.9. The van der Waals surface area contributed by atoms with Crippen LogP contribution in [0.25, 0.3) is 0 Å². The minimum Gasteiger partial charge on any atom is -0.467 e. The fraction of sp³-hybridized carbons (Fsp3) is 0.250. The van der Waals surface area contributed by atoms with E-state index < -0.39 is 6.10 Å². The number of hydrogen-bond donors (Lipinski definition) is 2. The number of nitrogens with one attached hydrogen (secondary N) is 1. The van der Waals surface area contributed by atoms with E-state index in [4.69, 9.17) is 16.0 Å². The molecule has 2 N–H and O–H groups in total. The second-order valence-electron chi connectivity index (χ2n) is 4.77. The van der Waals surface area contributed by atoms with Gasteiger partial charge < -0.3 is 14.8 Å². The summed E-state index contributed by atoms with van der Waals surface area (Å²) in [6, 6.07) is 9.81. The Morgan fingerprint density at radius 3 is 2.55 bits per heavy atom. The van der Waals surface area contributed by atoms with Crippen molar-refractivity contribution in [2.24, 2.45) is 0 Å². The van der Waals surface area contributed by atoms with Gasteiger partial charge in [0.05, 0.1) is 12.8 Å². The van der Waals surface area contributed by atoms with Crippen molar-refractivity contribution in [3.63, 3.8) is 0 Å². The van der Waals surface area contributed by atoms with Gasteiger partial charge in [0.25, 0.3) is 0 Å². The van der Waals surface area contributed by atoms with Gasteiger partial charge in [0.2, 0.25) is 5.91 Å². The Morgan fingerprint density at radius 1 is 1.18 bits per heavy atom. The molecule has 2 rings (SSSR count). The summed E-state index contributed by atoms with van der Waals surface area (Å²) < 4.78 is 5.03. The Bertz CT molecular complexity index is 622. The van der Waals surface area contributed by atoms with Crippen LogP contribution in [0, 0.1) is 0 Å². The first-order chi connectivity index (χ1) is 10.6. The molecular formula is C16H16ClNO4. The van der Waals surface area contributed by atoms with E-state index >= 15 is 0 Å². The predicted octanol–water partition coefficient (Wildman–Crippen LogP) is 2.75. The number of carbonyl (C=O) groups excluding carboxylic acids is 2. The minimum absolute atomic E-state index is 0.0431. The van der Waals surface area contributed by atoms with Gasteiger partial charge in [0, 0.05) is 23.4 Å². The highest BCUT2D eigenvalue weighted by atomic mass is 35.5. The van der Waals surface area contributed by atoms with Crippen molar-refractivity contribution in [3.8, 4) is 0 Å². The first-order valence-corrected chi connectivity index (χ1v) is 7.21. The van der Waals surface area contributed by atoms with Gasteiger partial charge in [-0.2, -0.15) is 0 Å². The minimum atomic E-state index is -0.897. The van der Waals surface area contributed by atoms with Gasteiger partial charge in [-0.3, -0.25) is 9.59 Å². The van der Waals surface area contributed by atoms with Crippen LogP contribution in [0.1, 0.15) is 35.1 Å². The molecule has 116 valence electrons. The summed E-state index contributed by atoms with van der Waals surface area (Å²) in [5.74, 6) is -0.0381. The summed E-state index contributed by atoms with van der Waals surface area (Å²) in [6.07, 6.45) is 0.716. The fourth-order valence-electron chi connectivity index (χ4n) is 1.89. The Balaban J connectivity index is 1.73. The van der Waals surface area contributed by atoms with Crippen molar-refractivity contribution in [2.45, 2.75) is 18.9 Å². The normalized spacial score (nSPS) is 11.9. The summed E-state index contributed by atoms with van der Waals surface area (Å²) in [4.78, 5) is 23.6. The van der Waals surface area contributed by atoms with Gasteiger partial charge in [0.15, 0.2) is 5.78 Å². The van der Waals surface area contributed by atoms with Gasteiger partial charge in [0.1, 0.15) is 11.9 Å². The highest BCUT2D eigenvalue weighted by Crippen LogP contribution is 2.13. The van der Waals surface area contributed by atoms with Crippen LogP contribution in [0.2, 0.25) is 5.02 Å². The highest BCUT2D eigenvalue weighted by molar-refractivity contribution is 6.30. The molecule has 22 heavy (non-hydrogen) atoms. The Hall–Kier alpha value is -2.11. The van der Waals surface area contributed by atoms with Gasteiger partial charge in [-0.1, -0.05) is 11.6 Å². The zero-order valence-electron chi connectivity index (χ0n) is 11.8. The molecule has 1 aromatic carbocycles. The predicted molar refractivity (Wildman–Crippen MR) is 81.7 cm³/mol. The maximum Gasteiger partial charge on any atom is 0.220 e. The zero-order valence-corrected chi connectivity index (χ0v) is 12.5. The molecule has 0 aliphatic heterocycles. The van der Waals surface area contributed by atoms with Crippen LogP contribution in [0.5, 0.6) is 0 Å². The second-order valence-corrected chi connectivity index (χ2v) is 5.20. The van der Waals surface area contributed by atoms with Gasteiger partial charge in [-0.05, 0) is 36.4 Å². The average molecular weight is 322 g/mol. The van der Waals surface area contributed by atoms with Crippen LogP contribution in [-0.2, 0) is 4.79 Å². The second kappa shape index (κ2) is 7.77. The molecule has 0 bridgehead atoms. The van der Waals surface area contributed by atoms with Crippen LogP contribution in [-0.4, -0.2) is 23.3 Å². The molecule has 1 atom stereocenters. The van der Waals surface area contributed by atoms with Crippen LogP contribution in [0.4, 0.5) is 0 Å². The maximum atomic E-state index is 11.9. The molecule has 5 nitrogen and oxygen atoms in total. The number of halogens is 1. The molecule has 1 amide bonds. The van der Waals surface area contributed by atoms with Crippen molar-refractivity contribution in [1.82, 2.24) is 5.32 Å². The molecule has 0 aliphatic carbocycles. The molecule has 1 aromatic heterocycles. The molecule has 0 spiro atoms. The van der Waals surface area contributed by atoms with Gasteiger partial charge in [-0.15, -0.1) is 0 Å². The van der Waals surface area contributed by atoms with Gasteiger partial charge in [-0.25, -0.2) is 0 Å². The lowest BCUT2D eigenvalue weighted by Gasteiger charge is -2.09. The molecular weight excluding hydrogens is 306 g/mol. The van der Waals surface area contributed by atoms with Crippen molar-refractivity contribution in [3.05, 3.63) is 59.0 Å². The number of rotatable bonds is 7. The van der Waals surface area contributed by atoms with Crippen molar-refractivity contribution >= 4 is 23.3 Å². The van der Waals surface area contributed by atoms with E-state index in [9.17, 15) is 14.7 Å². The molecule has 0 fully saturated rings. The SMILES string of the molecule is O=C(CCC(=O)c1ccc(Cl)cc1)NCC(O)c1ccco1. The van der Waals surface area contributed by atoms with Crippen LogP contribution in [0.15, 0.2) is 47.1 Å². The molecule has 0 saturated carbocycles. The third-order valence-corrected chi connectivity index (χ3v) is 3.36. The molecule has 0 saturated heterocycles. The third kappa shape index (κ3) is 4.72. The topological polar surface area (TPSA) is 79.5 Å². The summed E-state index contributed by atoms with van der Waals surface area (Å²) >= 11 is 5.75. The van der Waals surface area contributed by atoms with Crippen LogP contribution >= 0.6 is 11.6 Å². The third-order valence-electron chi connectivity index (χ3n) is 3.11. The highest BCUT2D eigenvalue weighted by Gasteiger charge is 2.13. The maximum absolute atomic E-state index is 11.9. The van der Waals surface area contributed by atoms with E-state index in [-0.39, 0.29) is 31.1 Å². The van der Waals surface area contributed by atoms with Crippen molar-refractivity contribution < 1.29 is 19.1 Å². The van der Waals surface area contributed by atoms with E-state index in [1.54, 1.807) is 36.4 Å². The number of benzene rings is 1. The first-order valence-electron chi connectivity index (χ1n) is 6.83. The number of ketones is 1. The lowest BCUT2D eigenvalue weighted by Crippen LogP contribution is -2.28. The molecule has 1 heterocycles. The molecule has 1 unspecified atom stereocenters. The number of aliphatic hydroxyl groups excluding tert-OH is 1. The molecule has 0 aliphatic rings. The summed E-state index contributed by atoms with van der Waals surface area (Å²) in [6.45, 7) is 0.0431. The Labute approximate surface area is 132 Å². The van der Waals surface area contributed by atoms with E-state index in [1.807, 2.05) is 0 Å². The number of furan rings is 1. The molecule has 0 radical (unpaired) electrons. The van der Waals surface area contributed by atoms with Gasteiger partial charge >= 0.3 is 0 Å². The van der Waals surface area contributed by atoms with Crippen molar-refractivity contribution in [2.75, 3.05) is 6.54 Å². The molecule has 2 aromatic rings. The largest absolute Gasteiger partial charge is 0.467 e. The van der Waals surface area contributed by atoms with Crippen LogP contribution < -0.4 is 5.32 Å². The standard InChI is InChI=1S/C16H16ClNO4/c17-12-5-3-11(4-6-12)13(19)7-8-16(21)18-10-14(20)15-2-1-9-22-15/h1-6,9,14,20H,7-8,10H2,(H,18,21). The van der Waals surface area contributed by atoms with Crippen molar-refractivity contribution in [1.29, 1.82) is 0 Å². The lowest BCUT2D eigenvalue weighted by atomic mass is 10.1. The van der Waals surface area contributed by atoms with E-state index in [0.29, 0.717) is 16.3 Å². The lowest BCUT2D eigenvalue weighted by molar-refractivity contribution is -0.121. The molecule has 6 heteroatoms. The average Bonchev–Trinajstić information content (AvgIpc) is 3.05. The summed E-state index contributed by atoms with van der Waals surface area (Å²) in [5.41, 5.74) is 0.521. The number of Topliss-reactive ketones (excluding diaryl/α,β-unsaturated/α-hetero) is 1. The zero-order chi connectivity index (χ0) is 15.9. The number of hydrogen-bond acceptors (Lipinski definition) is 4. The van der Waals surface area contributed by atoms with E-state index in [2.05, 4.69) is 5.32 Å². The number of aliphatic hydroxyl groups is 1. The number of amides is 1. The number of carbonyl (C=O) groups is 2. The summed E-state index contributed by atoms with van der Waals surface area (Å²) in [7, 11) is 0. The van der Waals surface area contributed by atoms with E-state index in [0.717, 1.165) is 0 Å². The smallest absolute Gasteiger partial charge is 0.220 e. The van der Waals surface area contributed by atoms with Crippen LogP contribution in [0.3, 0.4) is 0 Å². The fourth-order valence-corrected chi connectivity index (χ4v) is 2.01. The van der Waals surface area contributed by atoms with E-state index in [1.165, 1.54) is 6.26 Å². The monoisotopic (exact) mass is 321 g/mol. The Kier molecular flexibility index (Phi) is 5.75.